The summed E-state index contributed by atoms with van der Waals surface area (Å²) in [5.41, 5.74) is 2.99. The maximum atomic E-state index is 12.5. The number of aryl methyl sites for hydroxylation is 2. The van der Waals surface area contributed by atoms with Crippen molar-refractivity contribution in [1.82, 2.24) is 14.8 Å². The average Bonchev–Trinajstić information content (AvgIpc) is 3.10. The number of aromatic nitrogens is 3. The van der Waals surface area contributed by atoms with E-state index in [1.807, 2.05) is 61.7 Å². The fraction of sp³-hybridized carbons (Fsp3) is 0.286. The summed E-state index contributed by atoms with van der Waals surface area (Å²) in [4.78, 5) is 12.5. The van der Waals surface area contributed by atoms with Crippen molar-refractivity contribution < 1.29 is 9.53 Å². The van der Waals surface area contributed by atoms with Gasteiger partial charge in [-0.3, -0.25) is 4.79 Å². The van der Waals surface area contributed by atoms with Gasteiger partial charge < -0.3 is 14.6 Å². The number of anilines is 1. The van der Waals surface area contributed by atoms with Gasteiger partial charge in [-0.05, 0) is 82.5 Å². The molecule has 0 aliphatic heterocycles. The van der Waals surface area contributed by atoms with Crippen LogP contribution in [0.15, 0.2) is 50.5 Å². The Bertz CT molecular complexity index is 1010. The number of amides is 1. The number of rotatable bonds is 8. The second-order valence-electron chi connectivity index (χ2n) is 6.69. The van der Waals surface area contributed by atoms with Crippen LogP contribution in [0.2, 0.25) is 0 Å². The molecule has 3 aromatic rings. The van der Waals surface area contributed by atoms with E-state index < -0.39 is 0 Å². The van der Waals surface area contributed by atoms with Crippen LogP contribution in [0.1, 0.15) is 23.9 Å². The highest BCUT2D eigenvalue weighted by molar-refractivity contribution is 9.11. The zero-order valence-electron chi connectivity index (χ0n) is 16.9. The van der Waals surface area contributed by atoms with Gasteiger partial charge in [0.05, 0.1) is 11.4 Å². The van der Waals surface area contributed by atoms with Crippen molar-refractivity contribution >= 4 is 55.2 Å². The van der Waals surface area contributed by atoms with Gasteiger partial charge in [0.2, 0.25) is 5.91 Å². The van der Waals surface area contributed by atoms with Gasteiger partial charge in [0.1, 0.15) is 12.4 Å². The summed E-state index contributed by atoms with van der Waals surface area (Å²) in [6.45, 7) is 7.06. The lowest BCUT2D eigenvalue weighted by molar-refractivity contribution is -0.113. The molecule has 1 aromatic heterocycles. The first kappa shape index (κ1) is 22.8. The molecule has 0 bridgehead atoms. The molecule has 3 rings (SSSR count). The second-order valence-corrected chi connectivity index (χ2v) is 9.34. The number of benzene rings is 2. The molecule has 1 heterocycles. The van der Waals surface area contributed by atoms with Crippen molar-refractivity contribution in [2.24, 2.45) is 0 Å². The Hall–Kier alpha value is -1.84. The lowest BCUT2D eigenvalue weighted by Gasteiger charge is -2.11. The van der Waals surface area contributed by atoms with Gasteiger partial charge in [-0.1, -0.05) is 29.5 Å². The minimum Gasteiger partial charge on any atom is -0.486 e. The molecule has 0 unspecified atom stereocenters. The first-order chi connectivity index (χ1) is 14.4. The molecule has 1 N–H and O–H groups in total. The topological polar surface area (TPSA) is 69.0 Å². The zero-order valence-corrected chi connectivity index (χ0v) is 20.9. The van der Waals surface area contributed by atoms with Gasteiger partial charge in [0.15, 0.2) is 11.0 Å². The lowest BCUT2D eigenvalue weighted by atomic mass is 10.2. The van der Waals surface area contributed by atoms with E-state index in [2.05, 4.69) is 47.4 Å². The average molecular weight is 554 g/mol. The molecule has 2 aromatic carbocycles. The summed E-state index contributed by atoms with van der Waals surface area (Å²) in [7, 11) is 0. The Labute approximate surface area is 197 Å². The number of hydrogen-bond acceptors (Lipinski definition) is 5. The molecular weight excluding hydrogens is 532 g/mol. The molecule has 158 valence electrons. The summed E-state index contributed by atoms with van der Waals surface area (Å²) in [5.74, 6) is 1.62. The van der Waals surface area contributed by atoms with E-state index in [-0.39, 0.29) is 11.7 Å². The van der Waals surface area contributed by atoms with E-state index in [0.717, 1.165) is 31.8 Å². The third-order valence-corrected chi connectivity index (χ3v) is 6.50. The SMILES string of the molecule is CCn1c(COc2ccc(C)cc2)nnc1SCC(=O)Nc1c(Br)cc(C)cc1Br. The summed E-state index contributed by atoms with van der Waals surface area (Å²) in [6.07, 6.45) is 0. The van der Waals surface area contributed by atoms with Crippen molar-refractivity contribution in [3.63, 3.8) is 0 Å². The standard InChI is InChI=1S/C21H22Br2N4O2S/c1-4-27-18(11-29-15-7-5-13(2)6-8-15)25-26-21(27)30-12-19(28)24-20-16(22)9-14(3)10-17(20)23/h5-10H,4,11-12H2,1-3H3,(H,24,28). The van der Waals surface area contributed by atoms with Crippen LogP contribution in [0.3, 0.4) is 0 Å². The monoisotopic (exact) mass is 552 g/mol. The maximum Gasteiger partial charge on any atom is 0.234 e. The van der Waals surface area contributed by atoms with Gasteiger partial charge in [-0.2, -0.15) is 0 Å². The predicted octanol–water partition coefficient (Wildman–Crippen LogP) is 5.75. The number of hydrogen-bond donors (Lipinski definition) is 1. The molecule has 0 saturated carbocycles. The van der Waals surface area contributed by atoms with Crippen molar-refractivity contribution in [2.75, 3.05) is 11.1 Å². The Morgan fingerprint density at radius 2 is 1.77 bits per heavy atom. The molecule has 30 heavy (non-hydrogen) atoms. The van der Waals surface area contributed by atoms with E-state index in [9.17, 15) is 4.79 Å². The molecule has 0 atom stereocenters. The molecule has 0 saturated heterocycles. The first-order valence-corrected chi connectivity index (χ1v) is 11.9. The van der Waals surface area contributed by atoms with Gasteiger partial charge in [-0.25, -0.2) is 0 Å². The van der Waals surface area contributed by atoms with E-state index in [0.29, 0.717) is 18.3 Å². The molecule has 0 spiro atoms. The number of nitrogens with one attached hydrogen (secondary N) is 1. The van der Waals surface area contributed by atoms with Crippen molar-refractivity contribution in [1.29, 1.82) is 0 Å². The highest BCUT2D eigenvalue weighted by Crippen LogP contribution is 2.32. The van der Waals surface area contributed by atoms with Crippen molar-refractivity contribution in [3.8, 4) is 5.75 Å². The summed E-state index contributed by atoms with van der Waals surface area (Å²) in [5, 5.41) is 12.1. The van der Waals surface area contributed by atoms with Gasteiger partial charge >= 0.3 is 0 Å². The molecule has 0 aliphatic carbocycles. The number of ether oxygens (including phenoxy) is 1. The van der Waals surface area contributed by atoms with Crippen molar-refractivity contribution in [3.05, 3.63) is 62.3 Å². The molecule has 0 fully saturated rings. The van der Waals surface area contributed by atoms with E-state index >= 15 is 0 Å². The van der Waals surface area contributed by atoms with Crippen LogP contribution in [0.5, 0.6) is 5.75 Å². The summed E-state index contributed by atoms with van der Waals surface area (Å²) < 4.78 is 9.45. The second kappa shape index (κ2) is 10.5. The summed E-state index contributed by atoms with van der Waals surface area (Å²) in [6, 6.07) is 11.8. The number of nitrogens with zero attached hydrogens (tertiary/aromatic N) is 3. The van der Waals surface area contributed by atoms with Crippen LogP contribution in [-0.2, 0) is 17.9 Å². The smallest absolute Gasteiger partial charge is 0.234 e. The quantitative estimate of drug-likeness (QED) is 0.360. The normalized spacial score (nSPS) is 10.8. The molecule has 1 amide bonds. The van der Waals surface area contributed by atoms with Crippen molar-refractivity contribution in [2.45, 2.75) is 39.1 Å². The zero-order chi connectivity index (χ0) is 21.7. The van der Waals surface area contributed by atoms with Gasteiger partial charge in [0.25, 0.3) is 0 Å². The summed E-state index contributed by atoms with van der Waals surface area (Å²) >= 11 is 8.34. The molecule has 6 nitrogen and oxygen atoms in total. The molecule has 9 heteroatoms. The number of thioether (sulfide) groups is 1. The maximum absolute atomic E-state index is 12.5. The molecule has 0 radical (unpaired) electrons. The first-order valence-electron chi connectivity index (χ1n) is 9.37. The number of carbonyl (C=O) groups is 1. The fourth-order valence-electron chi connectivity index (χ4n) is 2.76. The Morgan fingerprint density at radius 1 is 1.10 bits per heavy atom. The minimum absolute atomic E-state index is 0.117. The molecule has 0 aliphatic rings. The van der Waals surface area contributed by atoms with Crippen LogP contribution < -0.4 is 10.1 Å². The predicted molar refractivity (Wildman–Crippen MR) is 127 cm³/mol. The fourth-order valence-corrected chi connectivity index (χ4v) is 5.19. The van der Waals surface area contributed by atoms with Crippen LogP contribution in [-0.4, -0.2) is 26.4 Å². The Balaban J connectivity index is 1.60. The Kier molecular flexibility index (Phi) is 7.96. The lowest BCUT2D eigenvalue weighted by Crippen LogP contribution is -2.15. The van der Waals surface area contributed by atoms with Crippen LogP contribution in [0.4, 0.5) is 5.69 Å². The van der Waals surface area contributed by atoms with Gasteiger partial charge in [-0.15, -0.1) is 10.2 Å². The van der Waals surface area contributed by atoms with E-state index in [1.54, 1.807) is 0 Å². The number of carbonyl (C=O) groups excluding carboxylic acids is 1. The minimum atomic E-state index is -0.117. The third-order valence-electron chi connectivity index (χ3n) is 4.28. The molecular formula is C21H22Br2N4O2S. The van der Waals surface area contributed by atoms with Crippen LogP contribution in [0.25, 0.3) is 0 Å². The van der Waals surface area contributed by atoms with Crippen LogP contribution in [0, 0.1) is 13.8 Å². The van der Waals surface area contributed by atoms with E-state index in [1.165, 1.54) is 17.3 Å². The van der Waals surface area contributed by atoms with Crippen LogP contribution >= 0.6 is 43.6 Å². The largest absolute Gasteiger partial charge is 0.486 e. The highest BCUT2D eigenvalue weighted by atomic mass is 79.9. The van der Waals surface area contributed by atoms with E-state index in [4.69, 9.17) is 4.74 Å². The van der Waals surface area contributed by atoms with Gasteiger partial charge in [0, 0.05) is 15.5 Å². The third kappa shape index (κ3) is 5.86. The number of halogens is 2. The Morgan fingerprint density at radius 3 is 2.40 bits per heavy atom. The highest BCUT2D eigenvalue weighted by Gasteiger charge is 2.15.